The van der Waals surface area contributed by atoms with Gasteiger partial charge in [-0.2, -0.15) is 0 Å². The predicted octanol–water partition coefficient (Wildman–Crippen LogP) is 0.646. The van der Waals surface area contributed by atoms with Gasteiger partial charge in [-0.05, 0) is 31.7 Å². The summed E-state index contributed by atoms with van der Waals surface area (Å²) in [5.74, 6) is 0.537. The Morgan fingerprint density at radius 1 is 1.29 bits per heavy atom. The molecule has 0 radical (unpaired) electrons. The van der Waals surface area contributed by atoms with Crippen LogP contribution in [-0.4, -0.2) is 37.2 Å². The molecule has 2 aromatic rings. The molecule has 1 N–H and O–H groups in total. The van der Waals surface area contributed by atoms with Crippen molar-refractivity contribution in [2.45, 2.75) is 25.9 Å². The van der Waals surface area contributed by atoms with Crippen molar-refractivity contribution in [3.05, 3.63) is 60.5 Å². The number of hydrogen-bond donors (Lipinski definition) is 1. The maximum atomic E-state index is 12.4. The average Bonchev–Trinajstić information content (AvgIpc) is 2.68. The van der Waals surface area contributed by atoms with Gasteiger partial charge in [0.25, 0.3) is 11.2 Å². The molecule has 28 heavy (non-hydrogen) atoms. The smallest absolute Gasteiger partial charge is 0.330 e. The van der Waals surface area contributed by atoms with E-state index in [1.165, 1.54) is 24.0 Å². The fourth-order valence-electron chi connectivity index (χ4n) is 3.64. The Hall–Kier alpha value is -3.01. The largest absolute Gasteiger partial charge is 0.388 e. The number of nitro groups is 1. The Morgan fingerprint density at radius 3 is 2.50 bits per heavy atom. The highest BCUT2D eigenvalue weighted by molar-refractivity contribution is 5.48. The van der Waals surface area contributed by atoms with Crippen LogP contribution in [0.3, 0.4) is 0 Å². The molecule has 1 aliphatic rings. The van der Waals surface area contributed by atoms with Crippen molar-refractivity contribution in [2.24, 2.45) is 20.0 Å². The lowest BCUT2D eigenvalue weighted by Crippen LogP contribution is -2.41. The molecule has 0 amide bonds. The zero-order chi connectivity index (χ0) is 20.6. The first-order chi connectivity index (χ1) is 13.2. The van der Waals surface area contributed by atoms with Crippen LogP contribution in [0.15, 0.2) is 28.0 Å². The molecular weight excluding hydrogens is 366 g/mol. The van der Waals surface area contributed by atoms with Crippen LogP contribution in [0, 0.1) is 23.0 Å². The van der Waals surface area contributed by atoms with Gasteiger partial charge in [0.2, 0.25) is 0 Å². The molecule has 0 aliphatic carbocycles. The van der Waals surface area contributed by atoms with E-state index in [0.29, 0.717) is 37.3 Å². The van der Waals surface area contributed by atoms with E-state index in [1.807, 2.05) is 4.90 Å². The fraction of sp³-hybridized carbons (Fsp3) is 0.500. The van der Waals surface area contributed by atoms with Gasteiger partial charge in [-0.15, -0.1) is 0 Å². The minimum absolute atomic E-state index is 0.0143. The summed E-state index contributed by atoms with van der Waals surface area (Å²) in [6.45, 7) is 2.89. The zero-order valence-electron chi connectivity index (χ0n) is 16.0. The SMILES string of the molecule is Cc1cc(N2CCC(C(O)c3cn(C)c(=O)n(C)c3=O)CC2)ncc1[N+](=O)[O-]. The highest BCUT2D eigenvalue weighted by Gasteiger charge is 2.29. The summed E-state index contributed by atoms with van der Waals surface area (Å²) in [4.78, 5) is 40.9. The van der Waals surface area contributed by atoms with Crippen LogP contribution in [0.4, 0.5) is 11.5 Å². The lowest BCUT2D eigenvalue weighted by atomic mass is 9.88. The molecule has 0 spiro atoms. The molecule has 2 aromatic heterocycles. The van der Waals surface area contributed by atoms with E-state index < -0.39 is 22.3 Å². The van der Waals surface area contributed by atoms with Crippen LogP contribution in [-0.2, 0) is 14.1 Å². The third-order valence-corrected chi connectivity index (χ3v) is 5.37. The van der Waals surface area contributed by atoms with E-state index in [2.05, 4.69) is 4.98 Å². The second-order valence-electron chi connectivity index (χ2n) is 7.20. The lowest BCUT2D eigenvalue weighted by molar-refractivity contribution is -0.385. The Bertz CT molecular complexity index is 1020. The van der Waals surface area contributed by atoms with Crippen molar-refractivity contribution in [3.8, 4) is 0 Å². The highest BCUT2D eigenvalue weighted by atomic mass is 16.6. The molecule has 0 saturated carbocycles. The van der Waals surface area contributed by atoms with E-state index in [0.717, 1.165) is 4.57 Å². The molecule has 1 saturated heterocycles. The van der Waals surface area contributed by atoms with Gasteiger partial charge < -0.3 is 14.6 Å². The van der Waals surface area contributed by atoms with Gasteiger partial charge >= 0.3 is 5.69 Å². The maximum absolute atomic E-state index is 12.4. The monoisotopic (exact) mass is 389 g/mol. The minimum atomic E-state index is -0.959. The molecule has 0 aromatic carbocycles. The summed E-state index contributed by atoms with van der Waals surface area (Å²) >= 11 is 0. The second kappa shape index (κ2) is 7.55. The molecule has 10 heteroatoms. The van der Waals surface area contributed by atoms with Crippen LogP contribution in [0.2, 0.25) is 0 Å². The molecule has 1 aliphatic heterocycles. The van der Waals surface area contributed by atoms with Crippen molar-refractivity contribution in [1.82, 2.24) is 14.1 Å². The van der Waals surface area contributed by atoms with Gasteiger partial charge in [0, 0.05) is 38.9 Å². The summed E-state index contributed by atoms with van der Waals surface area (Å²) in [6, 6.07) is 1.69. The van der Waals surface area contributed by atoms with Crippen molar-refractivity contribution in [3.63, 3.8) is 0 Å². The molecule has 3 rings (SSSR count). The van der Waals surface area contributed by atoms with Gasteiger partial charge in [0.15, 0.2) is 0 Å². The molecule has 3 heterocycles. The number of aliphatic hydroxyl groups is 1. The zero-order valence-corrected chi connectivity index (χ0v) is 16.0. The average molecular weight is 389 g/mol. The van der Waals surface area contributed by atoms with Crippen molar-refractivity contribution < 1.29 is 10.0 Å². The van der Waals surface area contributed by atoms with Crippen LogP contribution in [0.25, 0.3) is 0 Å². The summed E-state index contributed by atoms with van der Waals surface area (Å²) in [5, 5.41) is 21.7. The third kappa shape index (κ3) is 3.55. The van der Waals surface area contributed by atoms with E-state index in [1.54, 1.807) is 20.0 Å². The Balaban J connectivity index is 1.74. The Morgan fingerprint density at radius 2 is 1.93 bits per heavy atom. The van der Waals surface area contributed by atoms with E-state index in [-0.39, 0.29) is 17.2 Å². The number of anilines is 1. The molecule has 150 valence electrons. The lowest BCUT2D eigenvalue weighted by Gasteiger charge is -2.35. The Kier molecular flexibility index (Phi) is 5.32. The standard InChI is InChI=1S/C18H23N5O5/c1-11-8-15(19-9-14(11)23(27)28)22-6-4-12(5-7-22)16(24)13-10-20(2)18(26)21(3)17(13)25/h8-10,12,16,24H,4-7H2,1-3H3. The number of aromatic nitrogens is 3. The van der Waals surface area contributed by atoms with E-state index in [4.69, 9.17) is 0 Å². The van der Waals surface area contributed by atoms with Gasteiger partial charge in [-0.3, -0.25) is 19.5 Å². The summed E-state index contributed by atoms with van der Waals surface area (Å²) in [6.07, 6.45) is 2.97. The van der Waals surface area contributed by atoms with Crippen molar-refractivity contribution in [2.75, 3.05) is 18.0 Å². The first-order valence-corrected chi connectivity index (χ1v) is 9.01. The molecule has 1 atom stereocenters. The topological polar surface area (TPSA) is 124 Å². The minimum Gasteiger partial charge on any atom is -0.388 e. The number of pyridine rings is 1. The first kappa shape index (κ1) is 19.7. The van der Waals surface area contributed by atoms with Crippen LogP contribution in [0.5, 0.6) is 0 Å². The van der Waals surface area contributed by atoms with Gasteiger partial charge in [-0.25, -0.2) is 9.78 Å². The number of aryl methyl sites for hydroxylation is 2. The molecule has 1 fully saturated rings. The molecule has 0 bridgehead atoms. The summed E-state index contributed by atoms with van der Waals surface area (Å²) < 4.78 is 2.29. The third-order valence-electron chi connectivity index (χ3n) is 5.37. The normalized spacial score (nSPS) is 16.2. The molecule has 1 unspecified atom stereocenters. The number of aliphatic hydroxyl groups excluding tert-OH is 1. The number of hydrogen-bond acceptors (Lipinski definition) is 7. The van der Waals surface area contributed by atoms with E-state index >= 15 is 0 Å². The van der Waals surface area contributed by atoms with Gasteiger partial charge in [0.1, 0.15) is 12.0 Å². The van der Waals surface area contributed by atoms with Gasteiger partial charge in [0.05, 0.1) is 16.6 Å². The quantitative estimate of drug-likeness (QED) is 0.601. The highest BCUT2D eigenvalue weighted by Crippen LogP contribution is 2.31. The number of piperidine rings is 1. The predicted molar refractivity (Wildman–Crippen MR) is 102 cm³/mol. The molecular formula is C18H23N5O5. The maximum Gasteiger partial charge on any atom is 0.330 e. The summed E-state index contributed by atoms with van der Waals surface area (Å²) in [7, 11) is 2.94. The fourth-order valence-corrected chi connectivity index (χ4v) is 3.64. The second-order valence-corrected chi connectivity index (χ2v) is 7.20. The van der Waals surface area contributed by atoms with Gasteiger partial charge in [-0.1, -0.05) is 0 Å². The number of rotatable bonds is 4. The van der Waals surface area contributed by atoms with E-state index in [9.17, 15) is 24.8 Å². The van der Waals surface area contributed by atoms with Crippen molar-refractivity contribution >= 4 is 11.5 Å². The number of nitrogens with zero attached hydrogens (tertiary/aromatic N) is 5. The Labute approximate surface area is 160 Å². The summed E-state index contributed by atoms with van der Waals surface area (Å²) in [5.41, 5.74) is -0.168. The first-order valence-electron chi connectivity index (χ1n) is 9.01. The molecule has 10 nitrogen and oxygen atoms in total. The van der Waals surface area contributed by atoms with Crippen molar-refractivity contribution in [1.29, 1.82) is 0 Å². The van der Waals surface area contributed by atoms with Crippen LogP contribution >= 0.6 is 0 Å². The van der Waals surface area contributed by atoms with Crippen LogP contribution in [0.1, 0.15) is 30.1 Å². The van der Waals surface area contributed by atoms with Crippen LogP contribution < -0.4 is 16.1 Å².